The first-order valence-corrected chi connectivity index (χ1v) is 8.49. The molecule has 0 amide bonds. The zero-order valence-corrected chi connectivity index (χ0v) is 13.8. The van der Waals surface area contributed by atoms with Crippen molar-refractivity contribution in [3.63, 3.8) is 0 Å². The fraction of sp³-hybridized carbons (Fsp3) is 0.400. The molecular weight excluding hydrogens is 305 g/mol. The lowest BCUT2D eigenvalue weighted by Crippen LogP contribution is -2.33. The lowest BCUT2D eigenvalue weighted by atomic mass is 9.99. The highest BCUT2D eigenvalue weighted by molar-refractivity contribution is 5.21. The van der Waals surface area contributed by atoms with Gasteiger partial charge in [0.15, 0.2) is 0 Å². The molecule has 0 bridgehead atoms. The molecule has 3 nitrogen and oxygen atoms in total. The van der Waals surface area contributed by atoms with Gasteiger partial charge in [0, 0.05) is 18.7 Å². The molecule has 1 heterocycles. The van der Waals surface area contributed by atoms with E-state index in [2.05, 4.69) is 29.2 Å². The number of ether oxygens (including phenoxy) is 1. The summed E-state index contributed by atoms with van der Waals surface area (Å²) in [6, 6.07) is 17.1. The number of aliphatic hydroxyl groups is 1. The number of aliphatic hydroxyl groups excluding tert-OH is 1. The number of nitrogens with zero attached hydrogens (tertiary/aromatic N) is 1. The Bertz CT molecular complexity index is 635. The van der Waals surface area contributed by atoms with E-state index in [1.54, 1.807) is 18.2 Å². The molecule has 0 radical (unpaired) electrons. The molecule has 1 N–H and O–H groups in total. The van der Waals surface area contributed by atoms with Gasteiger partial charge in [0.05, 0.1) is 19.3 Å². The third kappa shape index (κ3) is 4.63. The Balaban J connectivity index is 1.40. The molecule has 128 valence electrons. The maximum absolute atomic E-state index is 13.5. The number of hydrogen-bond donors (Lipinski definition) is 1. The normalized spacial score (nSPS) is 19.5. The van der Waals surface area contributed by atoms with Crippen LogP contribution in [0.2, 0.25) is 0 Å². The van der Waals surface area contributed by atoms with E-state index in [-0.39, 0.29) is 19.0 Å². The minimum atomic E-state index is -0.550. The van der Waals surface area contributed by atoms with Crippen LogP contribution in [0.25, 0.3) is 0 Å². The van der Waals surface area contributed by atoms with Gasteiger partial charge >= 0.3 is 0 Å². The highest BCUT2D eigenvalue weighted by Crippen LogP contribution is 2.26. The third-order valence-corrected chi connectivity index (χ3v) is 4.54. The lowest BCUT2D eigenvalue weighted by Gasteiger charge is -2.20. The molecule has 1 aliphatic rings. The Morgan fingerprint density at radius 1 is 1.12 bits per heavy atom. The number of hydrogen-bond acceptors (Lipinski definition) is 3. The molecule has 1 saturated heterocycles. The Hall–Kier alpha value is -1.75. The zero-order chi connectivity index (χ0) is 16.8. The smallest absolute Gasteiger partial charge is 0.128 e. The van der Waals surface area contributed by atoms with Crippen LogP contribution in [0.1, 0.15) is 23.5 Å². The van der Waals surface area contributed by atoms with E-state index in [4.69, 9.17) is 4.74 Å². The van der Waals surface area contributed by atoms with Crippen LogP contribution in [-0.2, 0) is 11.3 Å². The first kappa shape index (κ1) is 17.1. The monoisotopic (exact) mass is 329 g/mol. The fourth-order valence-electron chi connectivity index (χ4n) is 3.27. The van der Waals surface area contributed by atoms with E-state index in [0.29, 0.717) is 18.0 Å². The van der Waals surface area contributed by atoms with Crippen LogP contribution in [0.15, 0.2) is 54.6 Å². The number of benzene rings is 2. The summed E-state index contributed by atoms with van der Waals surface area (Å²) in [6.07, 6.45) is 0.568. The molecular formula is C20H24FNO2. The lowest BCUT2D eigenvalue weighted by molar-refractivity contribution is 0.0124. The number of likely N-dealkylation sites (tertiary alicyclic amines) is 1. The second-order valence-electron chi connectivity index (χ2n) is 6.42. The predicted octanol–water partition coefficient (Wildman–Crippen LogP) is 3.19. The van der Waals surface area contributed by atoms with Crippen LogP contribution in [0.3, 0.4) is 0 Å². The summed E-state index contributed by atoms with van der Waals surface area (Å²) in [5.74, 6) is 0.273. The maximum atomic E-state index is 13.5. The van der Waals surface area contributed by atoms with Crippen molar-refractivity contribution in [2.45, 2.75) is 25.0 Å². The summed E-state index contributed by atoms with van der Waals surface area (Å²) in [5.41, 5.74) is 1.89. The molecule has 2 aromatic carbocycles. The first-order valence-electron chi connectivity index (χ1n) is 8.49. The Kier molecular flexibility index (Phi) is 5.96. The van der Waals surface area contributed by atoms with Crippen molar-refractivity contribution in [3.8, 4) is 0 Å². The molecule has 0 saturated carbocycles. The SMILES string of the molecule is O[C@@H](COCc1ccccc1F)CN1CC[C@@H](c2ccccc2)C1. The molecule has 0 spiro atoms. The van der Waals surface area contributed by atoms with Crippen LogP contribution >= 0.6 is 0 Å². The Labute approximate surface area is 142 Å². The number of halogens is 1. The van der Waals surface area contributed by atoms with E-state index >= 15 is 0 Å². The maximum Gasteiger partial charge on any atom is 0.128 e. The zero-order valence-electron chi connectivity index (χ0n) is 13.8. The quantitative estimate of drug-likeness (QED) is 0.847. The molecule has 0 aromatic heterocycles. The summed E-state index contributed by atoms with van der Waals surface area (Å²) in [6.45, 7) is 2.97. The molecule has 24 heavy (non-hydrogen) atoms. The summed E-state index contributed by atoms with van der Waals surface area (Å²) in [7, 11) is 0. The summed E-state index contributed by atoms with van der Waals surface area (Å²) < 4.78 is 19.0. The van der Waals surface area contributed by atoms with E-state index < -0.39 is 6.10 Å². The molecule has 2 aromatic rings. The van der Waals surface area contributed by atoms with Crippen molar-refractivity contribution < 1.29 is 14.2 Å². The largest absolute Gasteiger partial charge is 0.389 e. The average Bonchev–Trinajstić information content (AvgIpc) is 3.06. The minimum Gasteiger partial charge on any atom is -0.389 e. The predicted molar refractivity (Wildman–Crippen MR) is 92.3 cm³/mol. The van der Waals surface area contributed by atoms with Crippen LogP contribution < -0.4 is 0 Å². The highest BCUT2D eigenvalue weighted by atomic mass is 19.1. The second kappa shape index (κ2) is 8.38. The fourth-order valence-corrected chi connectivity index (χ4v) is 3.27. The van der Waals surface area contributed by atoms with Gasteiger partial charge < -0.3 is 14.7 Å². The van der Waals surface area contributed by atoms with Crippen molar-refractivity contribution in [1.29, 1.82) is 0 Å². The topological polar surface area (TPSA) is 32.7 Å². The van der Waals surface area contributed by atoms with Crippen molar-refractivity contribution in [3.05, 3.63) is 71.5 Å². The van der Waals surface area contributed by atoms with E-state index in [1.807, 2.05) is 6.07 Å². The van der Waals surface area contributed by atoms with Gasteiger partial charge in [0.1, 0.15) is 5.82 Å². The van der Waals surface area contributed by atoms with Crippen LogP contribution in [0.5, 0.6) is 0 Å². The van der Waals surface area contributed by atoms with E-state index in [9.17, 15) is 9.50 Å². The standard InChI is InChI=1S/C20H24FNO2/c21-20-9-5-4-8-18(20)14-24-15-19(23)13-22-11-10-17(12-22)16-6-2-1-3-7-16/h1-9,17,19,23H,10-15H2/t17-,19-/m1/s1. The summed E-state index contributed by atoms with van der Waals surface area (Å²) >= 11 is 0. The Morgan fingerprint density at radius 3 is 2.67 bits per heavy atom. The van der Waals surface area contributed by atoms with Gasteiger partial charge in [-0.3, -0.25) is 0 Å². The van der Waals surface area contributed by atoms with Crippen molar-refractivity contribution in [2.24, 2.45) is 0 Å². The number of rotatable bonds is 7. The molecule has 4 heteroatoms. The van der Waals surface area contributed by atoms with Gasteiger partial charge in [0.25, 0.3) is 0 Å². The molecule has 2 atom stereocenters. The van der Waals surface area contributed by atoms with Crippen molar-refractivity contribution in [2.75, 3.05) is 26.2 Å². The molecule has 1 fully saturated rings. The van der Waals surface area contributed by atoms with Crippen LogP contribution in [-0.4, -0.2) is 42.4 Å². The van der Waals surface area contributed by atoms with Gasteiger partial charge in [-0.2, -0.15) is 0 Å². The van der Waals surface area contributed by atoms with Crippen molar-refractivity contribution in [1.82, 2.24) is 4.90 Å². The molecule has 1 aliphatic heterocycles. The Morgan fingerprint density at radius 2 is 1.88 bits per heavy atom. The number of β-amino-alcohol motifs (C(OH)–C–C–N with tert-alkyl or cyclic N) is 1. The van der Waals surface area contributed by atoms with Crippen LogP contribution in [0.4, 0.5) is 4.39 Å². The van der Waals surface area contributed by atoms with E-state index in [0.717, 1.165) is 19.5 Å². The highest BCUT2D eigenvalue weighted by Gasteiger charge is 2.25. The van der Waals surface area contributed by atoms with Gasteiger partial charge in [0.2, 0.25) is 0 Å². The molecule has 0 aliphatic carbocycles. The summed E-state index contributed by atoms with van der Waals surface area (Å²) in [4.78, 5) is 2.27. The second-order valence-corrected chi connectivity index (χ2v) is 6.42. The molecule has 0 unspecified atom stereocenters. The van der Waals surface area contributed by atoms with Crippen molar-refractivity contribution >= 4 is 0 Å². The van der Waals surface area contributed by atoms with Gasteiger partial charge in [-0.15, -0.1) is 0 Å². The van der Waals surface area contributed by atoms with Gasteiger partial charge in [-0.05, 0) is 30.5 Å². The van der Waals surface area contributed by atoms with Gasteiger partial charge in [-0.25, -0.2) is 4.39 Å². The first-order chi connectivity index (χ1) is 11.7. The van der Waals surface area contributed by atoms with Crippen LogP contribution in [0, 0.1) is 5.82 Å². The summed E-state index contributed by atoms with van der Waals surface area (Å²) in [5, 5.41) is 10.2. The van der Waals surface area contributed by atoms with Gasteiger partial charge in [-0.1, -0.05) is 48.5 Å². The minimum absolute atomic E-state index is 0.191. The average molecular weight is 329 g/mol. The van der Waals surface area contributed by atoms with E-state index in [1.165, 1.54) is 11.6 Å². The molecule has 3 rings (SSSR count). The third-order valence-electron chi connectivity index (χ3n) is 4.54.